The Labute approximate surface area is 169 Å². The Kier molecular flexibility index (Phi) is 5.30. The highest BCUT2D eigenvalue weighted by molar-refractivity contribution is 7.89. The number of thiophene rings is 1. The average Bonchev–Trinajstić information content (AvgIpc) is 3.18. The van der Waals surface area contributed by atoms with Gasteiger partial charge in [-0.25, -0.2) is 8.42 Å². The van der Waals surface area contributed by atoms with Crippen LogP contribution in [0.2, 0.25) is 0 Å². The molecule has 1 atom stereocenters. The van der Waals surface area contributed by atoms with Crippen LogP contribution in [0.4, 0.5) is 0 Å². The first kappa shape index (κ1) is 19.6. The number of hydrogen-bond acceptors (Lipinski definition) is 5. The van der Waals surface area contributed by atoms with Crippen molar-refractivity contribution in [2.45, 2.75) is 31.2 Å². The molecule has 150 valence electrons. The number of ether oxygens (including phenoxy) is 1. The molecule has 2 aromatic rings. The summed E-state index contributed by atoms with van der Waals surface area (Å²) < 4.78 is 32.7. The number of sulfonamides is 1. The van der Waals surface area contributed by atoms with E-state index < -0.39 is 10.0 Å². The number of fused-ring (bicyclic) bond motifs is 1. The van der Waals surface area contributed by atoms with Crippen LogP contribution < -0.4 is 0 Å². The number of morpholine rings is 1. The molecule has 4 rings (SSSR count). The first-order valence-corrected chi connectivity index (χ1v) is 11.8. The molecule has 0 bridgehead atoms. The summed E-state index contributed by atoms with van der Waals surface area (Å²) >= 11 is 1.73. The lowest BCUT2D eigenvalue weighted by Gasteiger charge is -2.34. The maximum atomic E-state index is 13.3. The molecule has 8 heteroatoms. The van der Waals surface area contributed by atoms with Crippen molar-refractivity contribution >= 4 is 27.3 Å². The summed E-state index contributed by atoms with van der Waals surface area (Å²) in [5, 5.41) is 2.07. The third-order valence-corrected chi connectivity index (χ3v) is 8.48. The van der Waals surface area contributed by atoms with Gasteiger partial charge < -0.3 is 9.64 Å². The fourth-order valence-electron chi connectivity index (χ4n) is 3.87. The molecular formula is C20H24N2O4S2. The predicted molar refractivity (Wildman–Crippen MR) is 108 cm³/mol. The number of benzene rings is 1. The topological polar surface area (TPSA) is 66.9 Å². The van der Waals surface area contributed by atoms with Gasteiger partial charge in [0, 0.05) is 30.1 Å². The zero-order valence-corrected chi connectivity index (χ0v) is 17.7. The number of carbonyl (C=O) groups is 1. The van der Waals surface area contributed by atoms with E-state index in [9.17, 15) is 13.2 Å². The second-order valence-corrected chi connectivity index (χ2v) is 10.2. The number of nitrogens with zero attached hydrogens (tertiary/aromatic N) is 2. The molecule has 1 saturated heterocycles. The van der Waals surface area contributed by atoms with Crippen molar-refractivity contribution in [3.05, 3.63) is 51.2 Å². The van der Waals surface area contributed by atoms with Crippen molar-refractivity contribution < 1.29 is 17.9 Å². The molecular weight excluding hydrogens is 396 g/mol. The minimum absolute atomic E-state index is 0.0126. The number of aryl methyl sites for hydroxylation is 1. The van der Waals surface area contributed by atoms with Gasteiger partial charge in [0.2, 0.25) is 10.0 Å². The normalized spacial score (nSPS) is 20.8. The van der Waals surface area contributed by atoms with Crippen molar-refractivity contribution in [3.63, 3.8) is 0 Å². The van der Waals surface area contributed by atoms with E-state index >= 15 is 0 Å². The Morgan fingerprint density at radius 2 is 1.93 bits per heavy atom. The van der Waals surface area contributed by atoms with E-state index in [-0.39, 0.29) is 16.8 Å². The predicted octanol–water partition coefficient (Wildman–Crippen LogP) is 2.84. The molecule has 0 N–H and O–H groups in total. The Hall–Kier alpha value is -1.74. The van der Waals surface area contributed by atoms with Crippen molar-refractivity contribution in [1.29, 1.82) is 0 Å². The molecule has 1 aromatic heterocycles. The lowest BCUT2D eigenvalue weighted by molar-refractivity contribution is 0.0678. The molecule has 1 fully saturated rings. The fraction of sp³-hybridized carbons (Fsp3) is 0.450. The third-order valence-electron chi connectivity index (χ3n) is 5.59. The van der Waals surface area contributed by atoms with Crippen LogP contribution >= 0.6 is 11.3 Å². The molecule has 0 saturated carbocycles. The minimum Gasteiger partial charge on any atom is -0.379 e. The first-order chi connectivity index (χ1) is 13.4. The van der Waals surface area contributed by atoms with Gasteiger partial charge in [-0.15, -0.1) is 11.3 Å². The maximum absolute atomic E-state index is 13.3. The quantitative estimate of drug-likeness (QED) is 0.766. The molecule has 0 aliphatic carbocycles. The number of rotatable bonds is 3. The van der Waals surface area contributed by atoms with Gasteiger partial charge in [-0.3, -0.25) is 4.79 Å². The Bertz CT molecular complexity index is 993. The summed E-state index contributed by atoms with van der Waals surface area (Å²) in [6, 6.07) is 6.93. The Morgan fingerprint density at radius 3 is 2.68 bits per heavy atom. The maximum Gasteiger partial charge on any atom is 0.254 e. The Balaban J connectivity index is 1.65. The van der Waals surface area contributed by atoms with Crippen molar-refractivity contribution in [3.8, 4) is 0 Å². The summed E-state index contributed by atoms with van der Waals surface area (Å²) in [5.74, 6) is -0.110. The standard InChI is InChI=1S/C20H24N2O4S2/c1-14-3-4-16(28(24,25)21-8-10-26-11-9-21)13-18(14)20(23)22-7-5-19-17(15(22)2)6-12-27-19/h3-4,6,12-13,15H,5,7-11H2,1-2H3. The monoisotopic (exact) mass is 420 g/mol. The fourth-order valence-corrected chi connectivity index (χ4v) is 6.27. The van der Waals surface area contributed by atoms with E-state index in [4.69, 9.17) is 4.74 Å². The summed E-state index contributed by atoms with van der Waals surface area (Å²) in [7, 11) is -3.63. The lowest BCUT2D eigenvalue weighted by atomic mass is 9.99. The summed E-state index contributed by atoms with van der Waals surface area (Å²) in [6.07, 6.45) is 0.841. The van der Waals surface area contributed by atoms with E-state index in [0.29, 0.717) is 38.4 Å². The zero-order chi connectivity index (χ0) is 19.9. The van der Waals surface area contributed by atoms with Crippen molar-refractivity contribution in [1.82, 2.24) is 9.21 Å². The van der Waals surface area contributed by atoms with Gasteiger partial charge in [0.25, 0.3) is 5.91 Å². The zero-order valence-electron chi connectivity index (χ0n) is 16.1. The summed E-state index contributed by atoms with van der Waals surface area (Å²) in [5.41, 5.74) is 2.44. The summed E-state index contributed by atoms with van der Waals surface area (Å²) in [4.78, 5) is 16.7. The van der Waals surface area contributed by atoms with Crippen LogP contribution in [-0.4, -0.2) is 56.4 Å². The molecule has 3 heterocycles. The van der Waals surface area contributed by atoms with Gasteiger partial charge in [-0.1, -0.05) is 6.07 Å². The molecule has 0 spiro atoms. The highest BCUT2D eigenvalue weighted by atomic mass is 32.2. The number of carbonyl (C=O) groups excluding carboxylic acids is 1. The first-order valence-electron chi connectivity index (χ1n) is 9.45. The van der Waals surface area contributed by atoms with E-state index in [2.05, 4.69) is 11.4 Å². The number of hydrogen-bond donors (Lipinski definition) is 0. The van der Waals surface area contributed by atoms with Crippen LogP contribution in [0.3, 0.4) is 0 Å². The molecule has 2 aliphatic heterocycles. The van der Waals surface area contributed by atoms with Gasteiger partial charge in [0.1, 0.15) is 0 Å². The largest absolute Gasteiger partial charge is 0.379 e. The molecule has 6 nitrogen and oxygen atoms in total. The van der Waals surface area contributed by atoms with Gasteiger partial charge in [-0.05, 0) is 55.0 Å². The molecule has 1 aromatic carbocycles. The van der Waals surface area contributed by atoms with E-state index in [1.54, 1.807) is 23.5 Å². The SMILES string of the molecule is Cc1ccc(S(=O)(=O)N2CCOCC2)cc1C(=O)N1CCc2sccc2C1C. The van der Waals surface area contributed by atoms with Crippen LogP contribution in [0, 0.1) is 6.92 Å². The molecule has 1 amide bonds. The highest BCUT2D eigenvalue weighted by Gasteiger charge is 2.31. The number of amides is 1. The smallest absolute Gasteiger partial charge is 0.254 e. The van der Waals surface area contributed by atoms with Crippen LogP contribution in [0.5, 0.6) is 0 Å². The molecule has 1 unspecified atom stereocenters. The highest BCUT2D eigenvalue weighted by Crippen LogP contribution is 2.34. The molecule has 0 radical (unpaired) electrons. The third kappa shape index (κ3) is 3.39. The van der Waals surface area contributed by atoms with E-state index in [1.165, 1.54) is 20.8 Å². The Morgan fingerprint density at radius 1 is 1.18 bits per heavy atom. The second kappa shape index (κ2) is 7.59. The summed E-state index contributed by atoms with van der Waals surface area (Å²) in [6.45, 7) is 5.99. The van der Waals surface area contributed by atoms with Crippen molar-refractivity contribution in [2.24, 2.45) is 0 Å². The van der Waals surface area contributed by atoms with Gasteiger partial charge in [-0.2, -0.15) is 4.31 Å². The lowest BCUT2D eigenvalue weighted by Crippen LogP contribution is -2.41. The van der Waals surface area contributed by atoms with Crippen LogP contribution in [0.1, 0.15) is 39.3 Å². The molecule has 28 heavy (non-hydrogen) atoms. The van der Waals surface area contributed by atoms with Crippen molar-refractivity contribution in [2.75, 3.05) is 32.8 Å². The van der Waals surface area contributed by atoms with Gasteiger partial charge >= 0.3 is 0 Å². The average molecular weight is 421 g/mol. The van der Waals surface area contributed by atoms with Crippen LogP contribution in [0.25, 0.3) is 0 Å². The van der Waals surface area contributed by atoms with E-state index in [0.717, 1.165) is 12.0 Å². The minimum atomic E-state index is -3.63. The van der Waals surface area contributed by atoms with Gasteiger partial charge in [0.15, 0.2) is 0 Å². The molecule has 2 aliphatic rings. The second-order valence-electron chi connectivity index (χ2n) is 7.22. The van der Waals surface area contributed by atoms with Crippen LogP contribution in [-0.2, 0) is 21.2 Å². The van der Waals surface area contributed by atoms with Crippen LogP contribution in [0.15, 0.2) is 34.5 Å². The van der Waals surface area contributed by atoms with E-state index in [1.807, 2.05) is 18.7 Å². The van der Waals surface area contributed by atoms with Gasteiger partial charge in [0.05, 0.1) is 24.2 Å².